The number of hydrogen-bond donors (Lipinski definition) is 0. The van der Waals surface area contributed by atoms with E-state index in [1.165, 1.54) is 11.8 Å². The van der Waals surface area contributed by atoms with E-state index < -0.39 is 0 Å². The lowest BCUT2D eigenvalue weighted by atomic mass is 10.3. The van der Waals surface area contributed by atoms with E-state index in [0.717, 1.165) is 5.52 Å². The van der Waals surface area contributed by atoms with Crippen molar-refractivity contribution in [1.82, 2.24) is 4.98 Å². The fraction of sp³-hybridized carbons (Fsp3) is 0.125. The SMILES string of the molecule is CSc1nc2cccc(Cl)c2o1. The zero-order valence-electron chi connectivity index (χ0n) is 6.37. The minimum absolute atomic E-state index is 0.611. The smallest absolute Gasteiger partial charge is 0.256 e. The van der Waals surface area contributed by atoms with Crippen LogP contribution >= 0.6 is 23.4 Å². The summed E-state index contributed by atoms with van der Waals surface area (Å²) in [5.41, 5.74) is 1.48. The predicted octanol–water partition coefficient (Wildman–Crippen LogP) is 3.20. The third-order valence-corrected chi connectivity index (χ3v) is 2.34. The molecule has 4 heteroatoms. The Kier molecular flexibility index (Phi) is 1.98. The van der Waals surface area contributed by atoms with Crippen LogP contribution in [0.4, 0.5) is 0 Å². The Morgan fingerprint density at radius 3 is 3.00 bits per heavy atom. The molecule has 0 fully saturated rings. The maximum Gasteiger partial charge on any atom is 0.256 e. The summed E-state index contributed by atoms with van der Waals surface area (Å²) in [6, 6.07) is 5.53. The van der Waals surface area contributed by atoms with Gasteiger partial charge in [0.1, 0.15) is 5.52 Å². The van der Waals surface area contributed by atoms with E-state index in [1.54, 1.807) is 6.07 Å². The zero-order valence-corrected chi connectivity index (χ0v) is 7.95. The van der Waals surface area contributed by atoms with Gasteiger partial charge in [-0.15, -0.1) is 0 Å². The first kappa shape index (κ1) is 7.95. The number of thioether (sulfide) groups is 1. The second kappa shape index (κ2) is 2.99. The van der Waals surface area contributed by atoms with Gasteiger partial charge in [0.05, 0.1) is 5.02 Å². The van der Waals surface area contributed by atoms with Crippen molar-refractivity contribution in [2.75, 3.05) is 6.26 Å². The van der Waals surface area contributed by atoms with Crippen LogP contribution in [-0.4, -0.2) is 11.2 Å². The molecule has 0 amide bonds. The number of halogens is 1. The van der Waals surface area contributed by atoms with Gasteiger partial charge in [-0.3, -0.25) is 0 Å². The first-order valence-corrected chi connectivity index (χ1v) is 5.00. The highest BCUT2D eigenvalue weighted by atomic mass is 35.5. The molecular formula is C8H6ClNOS. The van der Waals surface area contributed by atoms with Crippen molar-refractivity contribution in [2.45, 2.75) is 5.22 Å². The lowest BCUT2D eigenvalue weighted by Gasteiger charge is -1.87. The first-order valence-electron chi connectivity index (χ1n) is 3.40. The van der Waals surface area contributed by atoms with Crippen molar-refractivity contribution in [1.29, 1.82) is 0 Å². The Balaban J connectivity index is 2.74. The maximum absolute atomic E-state index is 5.88. The number of oxazole rings is 1. The van der Waals surface area contributed by atoms with Crippen LogP contribution in [0.5, 0.6) is 0 Å². The molecule has 62 valence electrons. The Hall–Kier alpha value is -0.670. The molecule has 12 heavy (non-hydrogen) atoms. The maximum atomic E-state index is 5.88. The van der Waals surface area contributed by atoms with E-state index >= 15 is 0 Å². The summed E-state index contributed by atoms with van der Waals surface area (Å²) >= 11 is 7.35. The summed E-state index contributed by atoms with van der Waals surface area (Å²) in [7, 11) is 0. The molecule has 0 unspecified atom stereocenters. The van der Waals surface area contributed by atoms with Crippen LogP contribution in [0, 0.1) is 0 Å². The normalized spacial score (nSPS) is 10.8. The van der Waals surface area contributed by atoms with Gasteiger partial charge in [-0.1, -0.05) is 29.4 Å². The number of benzene rings is 1. The highest BCUT2D eigenvalue weighted by molar-refractivity contribution is 7.98. The van der Waals surface area contributed by atoms with E-state index in [4.69, 9.17) is 16.0 Å². The van der Waals surface area contributed by atoms with Gasteiger partial charge >= 0.3 is 0 Å². The average molecular weight is 200 g/mol. The third kappa shape index (κ3) is 1.19. The molecule has 2 rings (SSSR count). The molecule has 1 aromatic heterocycles. The zero-order chi connectivity index (χ0) is 8.55. The van der Waals surface area contributed by atoms with Crippen LogP contribution in [0.25, 0.3) is 11.1 Å². The van der Waals surface area contributed by atoms with Gasteiger partial charge in [-0.25, -0.2) is 4.98 Å². The summed E-state index contributed by atoms with van der Waals surface area (Å²) in [4.78, 5) is 4.20. The Labute approximate surface area is 78.9 Å². The highest BCUT2D eigenvalue weighted by Gasteiger charge is 2.06. The monoisotopic (exact) mass is 199 g/mol. The summed E-state index contributed by atoms with van der Waals surface area (Å²) < 4.78 is 5.37. The predicted molar refractivity (Wildman–Crippen MR) is 50.8 cm³/mol. The quantitative estimate of drug-likeness (QED) is 0.660. The molecule has 0 spiro atoms. The lowest BCUT2D eigenvalue weighted by Crippen LogP contribution is -1.67. The molecule has 0 radical (unpaired) electrons. The lowest BCUT2D eigenvalue weighted by molar-refractivity contribution is 0.490. The fourth-order valence-corrected chi connectivity index (χ4v) is 1.55. The molecule has 0 saturated carbocycles. The molecule has 0 saturated heterocycles. The molecule has 1 heterocycles. The number of hydrogen-bond acceptors (Lipinski definition) is 3. The molecule has 0 aliphatic rings. The standard InChI is InChI=1S/C8H6ClNOS/c1-12-8-10-6-4-2-3-5(9)7(6)11-8/h2-4H,1H3. The van der Waals surface area contributed by atoms with Crippen molar-refractivity contribution in [3.05, 3.63) is 23.2 Å². The summed E-state index contributed by atoms with van der Waals surface area (Å²) in [5, 5.41) is 1.26. The van der Waals surface area contributed by atoms with E-state index in [-0.39, 0.29) is 0 Å². The van der Waals surface area contributed by atoms with Crippen molar-refractivity contribution in [2.24, 2.45) is 0 Å². The van der Waals surface area contributed by atoms with Crippen LogP contribution < -0.4 is 0 Å². The van der Waals surface area contributed by atoms with Crippen LogP contribution in [0.2, 0.25) is 5.02 Å². The second-order valence-electron chi connectivity index (χ2n) is 2.27. The number of aromatic nitrogens is 1. The van der Waals surface area contributed by atoms with Gasteiger partial charge < -0.3 is 4.42 Å². The van der Waals surface area contributed by atoms with E-state index in [2.05, 4.69) is 4.98 Å². The summed E-state index contributed by atoms with van der Waals surface area (Å²) in [5.74, 6) is 0. The van der Waals surface area contributed by atoms with Gasteiger partial charge in [0, 0.05) is 0 Å². The number of fused-ring (bicyclic) bond motifs is 1. The van der Waals surface area contributed by atoms with Crippen molar-refractivity contribution in [3.8, 4) is 0 Å². The largest absolute Gasteiger partial charge is 0.430 e. The van der Waals surface area contributed by atoms with Gasteiger partial charge in [0.15, 0.2) is 5.58 Å². The highest BCUT2D eigenvalue weighted by Crippen LogP contribution is 2.27. The fourth-order valence-electron chi connectivity index (χ4n) is 0.982. The second-order valence-corrected chi connectivity index (χ2v) is 3.44. The Morgan fingerprint density at radius 1 is 1.50 bits per heavy atom. The van der Waals surface area contributed by atoms with Crippen LogP contribution in [0.1, 0.15) is 0 Å². The van der Waals surface area contributed by atoms with E-state index in [1.807, 2.05) is 18.4 Å². The Morgan fingerprint density at radius 2 is 2.33 bits per heavy atom. The number of rotatable bonds is 1. The third-order valence-electron chi connectivity index (χ3n) is 1.52. The summed E-state index contributed by atoms with van der Waals surface area (Å²) in [6.07, 6.45) is 1.92. The minimum Gasteiger partial charge on any atom is -0.430 e. The number of para-hydroxylation sites is 1. The van der Waals surface area contributed by atoms with Crippen LogP contribution in [0.3, 0.4) is 0 Å². The topological polar surface area (TPSA) is 26.0 Å². The molecular weight excluding hydrogens is 194 g/mol. The van der Waals surface area contributed by atoms with E-state index in [9.17, 15) is 0 Å². The summed E-state index contributed by atoms with van der Waals surface area (Å²) in [6.45, 7) is 0. The van der Waals surface area contributed by atoms with Crippen LogP contribution in [-0.2, 0) is 0 Å². The molecule has 0 aliphatic carbocycles. The molecule has 0 N–H and O–H groups in total. The first-order chi connectivity index (χ1) is 5.81. The molecule has 0 bridgehead atoms. The molecule has 0 aliphatic heterocycles. The van der Waals surface area contributed by atoms with Gasteiger partial charge in [-0.2, -0.15) is 0 Å². The van der Waals surface area contributed by atoms with Crippen molar-refractivity contribution in [3.63, 3.8) is 0 Å². The van der Waals surface area contributed by atoms with Gasteiger partial charge in [0.25, 0.3) is 5.22 Å². The van der Waals surface area contributed by atoms with Gasteiger partial charge in [0.2, 0.25) is 0 Å². The molecule has 1 aromatic carbocycles. The van der Waals surface area contributed by atoms with Gasteiger partial charge in [-0.05, 0) is 18.4 Å². The molecule has 0 atom stereocenters. The van der Waals surface area contributed by atoms with E-state index in [0.29, 0.717) is 15.8 Å². The van der Waals surface area contributed by atoms with Crippen molar-refractivity contribution >= 4 is 34.5 Å². The number of nitrogens with zero attached hydrogens (tertiary/aromatic N) is 1. The Bertz CT molecular complexity index is 412. The minimum atomic E-state index is 0.611. The molecule has 2 aromatic rings. The average Bonchev–Trinajstić information content (AvgIpc) is 2.49. The van der Waals surface area contributed by atoms with Crippen molar-refractivity contribution < 1.29 is 4.42 Å². The van der Waals surface area contributed by atoms with Crippen LogP contribution in [0.15, 0.2) is 27.8 Å². The molecule has 2 nitrogen and oxygen atoms in total.